The van der Waals surface area contributed by atoms with Crippen molar-refractivity contribution in [2.75, 3.05) is 18.1 Å². The number of nitrogens with zero attached hydrogens (tertiary/aromatic N) is 6. The predicted molar refractivity (Wildman–Crippen MR) is 113 cm³/mol. The first-order chi connectivity index (χ1) is 15.2. The molecule has 0 saturated heterocycles. The van der Waals surface area contributed by atoms with Gasteiger partial charge < -0.3 is 9.64 Å². The van der Waals surface area contributed by atoms with Gasteiger partial charge in [-0.2, -0.15) is 4.98 Å². The SMILES string of the molecule is Cc1nnc2nc(N3CCOCc4c(C#CC5CC5)cccc43)c3c(F)cncc3n12. The van der Waals surface area contributed by atoms with E-state index in [0.29, 0.717) is 54.0 Å². The summed E-state index contributed by atoms with van der Waals surface area (Å²) in [5.74, 6) is 8.24. The number of rotatable bonds is 1. The van der Waals surface area contributed by atoms with Gasteiger partial charge in [-0.25, -0.2) is 4.39 Å². The zero-order chi connectivity index (χ0) is 20.9. The molecular formula is C23H19FN6O. The Balaban J connectivity index is 1.60. The van der Waals surface area contributed by atoms with Crippen LogP contribution in [0.3, 0.4) is 0 Å². The molecule has 3 aromatic heterocycles. The second-order valence-corrected chi connectivity index (χ2v) is 7.88. The van der Waals surface area contributed by atoms with Crippen molar-refractivity contribution >= 4 is 28.2 Å². The molecule has 1 aromatic carbocycles. The van der Waals surface area contributed by atoms with Gasteiger partial charge in [0.25, 0.3) is 5.78 Å². The molecule has 0 unspecified atom stereocenters. The van der Waals surface area contributed by atoms with Crippen molar-refractivity contribution < 1.29 is 9.13 Å². The second-order valence-electron chi connectivity index (χ2n) is 7.88. The average molecular weight is 414 g/mol. The molecule has 2 aliphatic rings. The number of hydrogen-bond donors (Lipinski definition) is 0. The van der Waals surface area contributed by atoms with Gasteiger partial charge in [0.05, 0.1) is 36.5 Å². The number of pyridine rings is 1. The minimum atomic E-state index is -0.439. The summed E-state index contributed by atoms with van der Waals surface area (Å²) in [4.78, 5) is 10.8. The highest BCUT2D eigenvalue weighted by Crippen LogP contribution is 2.37. The van der Waals surface area contributed by atoms with Crippen molar-refractivity contribution in [3.63, 3.8) is 0 Å². The first-order valence-electron chi connectivity index (χ1n) is 10.3. The van der Waals surface area contributed by atoms with Crippen molar-refractivity contribution in [3.05, 3.63) is 53.4 Å². The Morgan fingerprint density at radius 3 is 2.97 bits per heavy atom. The lowest BCUT2D eigenvalue weighted by Gasteiger charge is -2.25. The predicted octanol–water partition coefficient (Wildman–Crippen LogP) is 3.55. The highest BCUT2D eigenvalue weighted by molar-refractivity contribution is 5.94. The highest BCUT2D eigenvalue weighted by atomic mass is 19.1. The zero-order valence-electron chi connectivity index (χ0n) is 17.0. The average Bonchev–Trinajstić information content (AvgIpc) is 3.56. The summed E-state index contributed by atoms with van der Waals surface area (Å²) in [6.45, 7) is 3.28. The fraction of sp³-hybridized carbons (Fsp3) is 0.304. The van der Waals surface area contributed by atoms with Crippen LogP contribution in [0, 0.1) is 30.5 Å². The second kappa shape index (κ2) is 7.00. The fourth-order valence-corrected chi connectivity index (χ4v) is 4.04. The van der Waals surface area contributed by atoms with E-state index in [1.54, 1.807) is 10.6 Å². The Morgan fingerprint density at radius 1 is 1.19 bits per heavy atom. The maximum absolute atomic E-state index is 15.1. The normalized spacial score (nSPS) is 16.1. The van der Waals surface area contributed by atoms with Crippen LogP contribution in [0.15, 0.2) is 30.6 Å². The van der Waals surface area contributed by atoms with Crippen molar-refractivity contribution in [1.82, 2.24) is 24.6 Å². The third-order valence-electron chi connectivity index (χ3n) is 5.75. The first kappa shape index (κ1) is 18.2. The van der Waals surface area contributed by atoms with E-state index in [2.05, 4.69) is 27.0 Å². The number of hydrogen-bond acceptors (Lipinski definition) is 6. The van der Waals surface area contributed by atoms with Crippen LogP contribution in [0.2, 0.25) is 0 Å². The van der Waals surface area contributed by atoms with E-state index in [0.717, 1.165) is 16.8 Å². The number of halogens is 1. The molecule has 7 nitrogen and oxygen atoms in total. The summed E-state index contributed by atoms with van der Waals surface area (Å²) in [5, 5.41) is 8.68. The van der Waals surface area contributed by atoms with Gasteiger partial charge in [0.15, 0.2) is 5.82 Å². The Morgan fingerprint density at radius 2 is 2.10 bits per heavy atom. The van der Waals surface area contributed by atoms with Crippen molar-refractivity contribution in [2.24, 2.45) is 5.92 Å². The Hall–Kier alpha value is -3.57. The van der Waals surface area contributed by atoms with Crippen molar-refractivity contribution in [3.8, 4) is 11.8 Å². The minimum absolute atomic E-state index is 0.382. The largest absolute Gasteiger partial charge is 0.375 e. The van der Waals surface area contributed by atoms with Crippen LogP contribution in [0.4, 0.5) is 15.9 Å². The van der Waals surface area contributed by atoms with Gasteiger partial charge in [0.1, 0.15) is 11.6 Å². The Kier molecular flexibility index (Phi) is 4.11. The van der Waals surface area contributed by atoms with E-state index in [9.17, 15) is 0 Å². The molecule has 0 amide bonds. The monoisotopic (exact) mass is 414 g/mol. The standard InChI is InChI=1S/C23H19FN6O/c1-14-27-28-23-26-22(21-18(24)11-25-12-20(21)30(14)23)29-9-10-31-13-17-16(3-2-4-19(17)29)8-7-15-5-6-15/h2-4,11-12,15H,5-6,9-10,13H2,1H3. The molecule has 0 atom stereocenters. The van der Waals surface area contributed by atoms with E-state index < -0.39 is 5.82 Å². The van der Waals surface area contributed by atoms with E-state index in [1.807, 2.05) is 30.0 Å². The maximum Gasteiger partial charge on any atom is 0.257 e. The lowest BCUT2D eigenvalue weighted by molar-refractivity contribution is 0.133. The molecule has 1 fully saturated rings. The van der Waals surface area contributed by atoms with E-state index >= 15 is 4.39 Å². The molecule has 1 aliphatic heterocycles. The molecule has 1 aliphatic carbocycles. The van der Waals surface area contributed by atoms with Crippen LogP contribution in [0.5, 0.6) is 0 Å². The van der Waals surface area contributed by atoms with E-state index in [-0.39, 0.29) is 0 Å². The third-order valence-corrected chi connectivity index (χ3v) is 5.75. The van der Waals surface area contributed by atoms with Gasteiger partial charge in [-0.3, -0.25) is 9.38 Å². The molecule has 154 valence electrons. The number of anilines is 2. The van der Waals surface area contributed by atoms with Gasteiger partial charge >= 0.3 is 0 Å². The zero-order valence-corrected chi connectivity index (χ0v) is 17.0. The lowest BCUT2D eigenvalue weighted by Crippen LogP contribution is -2.23. The van der Waals surface area contributed by atoms with Gasteiger partial charge in [-0.05, 0) is 31.9 Å². The molecule has 0 N–H and O–H groups in total. The van der Waals surface area contributed by atoms with Crippen LogP contribution < -0.4 is 4.90 Å². The van der Waals surface area contributed by atoms with Crippen LogP contribution in [0.25, 0.3) is 16.7 Å². The quantitative estimate of drug-likeness (QED) is 0.444. The molecule has 31 heavy (non-hydrogen) atoms. The minimum Gasteiger partial charge on any atom is -0.375 e. The number of ether oxygens (including phenoxy) is 1. The van der Waals surface area contributed by atoms with Crippen molar-refractivity contribution in [2.45, 2.75) is 26.4 Å². The number of benzene rings is 1. The summed E-state index contributed by atoms with van der Waals surface area (Å²) in [6.07, 6.45) is 5.18. The first-order valence-corrected chi connectivity index (χ1v) is 10.3. The van der Waals surface area contributed by atoms with Gasteiger partial charge in [-0.15, -0.1) is 10.2 Å². The van der Waals surface area contributed by atoms with Gasteiger partial charge in [0, 0.05) is 29.3 Å². The molecule has 4 aromatic rings. The lowest BCUT2D eigenvalue weighted by atomic mass is 10.0. The Bertz CT molecular complexity index is 1400. The number of aromatic nitrogens is 5. The molecule has 0 spiro atoms. The molecule has 0 radical (unpaired) electrons. The van der Waals surface area contributed by atoms with Crippen LogP contribution in [-0.4, -0.2) is 37.7 Å². The fourth-order valence-electron chi connectivity index (χ4n) is 4.04. The summed E-state index contributed by atoms with van der Waals surface area (Å²) >= 11 is 0. The van der Waals surface area contributed by atoms with Crippen LogP contribution in [0.1, 0.15) is 29.8 Å². The topological polar surface area (TPSA) is 68.4 Å². The number of aryl methyl sites for hydroxylation is 1. The molecule has 8 heteroatoms. The maximum atomic E-state index is 15.1. The van der Waals surface area contributed by atoms with Crippen LogP contribution >= 0.6 is 0 Å². The van der Waals surface area contributed by atoms with Crippen LogP contribution in [-0.2, 0) is 11.3 Å². The number of fused-ring (bicyclic) bond motifs is 4. The summed E-state index contributed by atoms with van der Waals surface area (Å²) < 4.78 is 22.7. The third kappa shape index (κ3) is 3.01. The highest BCUT2D eigenvalue weighted by Gasteiger charge is 2.25. The summed E-state index contributed by atoms with van der Waals surface area (Å²) in [6, 6.07) is 6.01. The summed E-state index contributed by atoms with van der Waals surface area (Å²) in [5.41, 5.74) is 3.45. The molecule has 4 heterocycles. The molecule has 1 saturated carbocycles. The van der Waals surface area contributed by atoms with Gasteiger partial charge in [0.2, 0.25) is 0 Å². The molecule has 0 bridgehead atoms. The summed E-state index contributed by atoms with van der Waals surface area (Å²) in [7, 11) is 0. The molecular weight excluding hydrogens is 395 g/mol. The van der Waals surface area contributed by atoms with Crippen molar-refractivity contribution in [1.29, 1.82) is 0 Å². The van der Waals surface area contributed by atoms with Gasteiger partial charge in [-0.1, -0.05) is 17.9 Å². The van der Waals surface area contributed by atoms with E-state index in [4.69, 9.17) is 9.72 Å². The Labute approximate surface area is 177 Å². The smallest absolute Gasteiger partial charge is 0.257 e. The molecule has 6 rings (SSSR count). The van der Waals surface area contributed by atoms with E-state index in [1.165, 1.54) is 19.0 Å².